The Morgan fingerprint density at radius 1 is 0.483 bits per heavy atom. The summed E-state index contributed by atoms with van der Waals surface area (Å²) in [5, 5.41) is -2.40. The smallest absolute Gasteiger partial charge is 0.269 e. The molecule has 11 aromatic carbocycles. The van der Waals surface area contributed by atoms with Crippen molar-refractivity contribution >= 4 is 61.7 Å². The highest BCUT2D eigenvalue weighted by Gasteiger charge is 2.41. The Bertz CT molecular complexity index is 6180. The van der Waals surface area contributed by atoms with Crippen LogP contribution in [0.3, 0.4) is 0 Å². The van der Waals surface area contributed by atoms with E-state index >= 15 is 0 Å². The minimum Gasteiger partial charge on any atom is -0.458 e. The molecule has 14 aromatic rings. The average molecular weight is 1170 g/mol. The summed E-state index contributed by atoms with van der Waals surface area (Å²) in [6.07, 6.45) is 4.77. The summed E-state index contributed by atoms with van der Waals surface area (Å²) in [4.78, 5) is 4.73. The average Bonchev–Trinajstić information content (AvgIpc) is 0.854. The second-order valence-electron chi connectivity index (χ2n) is 23.0. The van der Waals surface area contributed by atoms with Gasteiger partial charge in [0.25, 0.3) is 6.33 Å². The van der Waals surface area contributed by atoms with Gasteiger partial charge in [-0.05, 0) is 125 Å². The van der Waals surface area contributed by atoms with Gasteiger partial charge in [-0.3, -0.25) is 13.7 Å². The van der Waals surface area contributed by atoms with Crippen molar-refractivity contribution in [1.82, 2.24) is 14.1 Å². The summed E-state index contributed by atoms with van der Waals surface area (Å²) in [5.74, 6) is 0.726. The molecule has 0 aliphatic carbocycles. The SMILES string of the molecule is [2H]c1c([2H])c([2H])c(-c2cnc(-n3c4ccccc4c4ccc(Oc5cccc(-n6[c-][n+](-c7c(-c8cc(C(C)(C)C)cc(C(C)(C)C)c8)cccc7-c7c([2H])c([2H])c([2H])c([Si](c8c([2H])c([2H])c([2H])c([2H])c8[2H])(c8c([2H])c([2H])c([2H])c([2H])c8[2H])c8c([2H])c([2H])c([2H])c([2H])c8[2H])c7[2H])c7ccccc76)c5)cc43)cc2C([2H])([2H])[2H])c([2H])c1[2H]. The van der Waals surface area contributed by atoms with Crippen molar-refractivity contribution in [3.63, 3.8) is 0 Å². The maximum absolute atomic E-state index is 11.0. The van der Waals surface area contributed by atoms with Gasteiger partial charge in [0, 0.05) is 32.7 Å². The summed E-state index contributed by atoms with van der Waals surface area (Å²) in [6, 6.07) is 15.8. The molecule has 14 rings (SSSR count). The van der Waals surface area contributed by atoms with Crippen molar-refractivity contribution in [3.8, 4) is 62.1 Å². The summed E-state index contributed by atoms with van der Waals surface area (Å²) < 4.78 is 263. The van der Waals surface area contributed by atoms with Gasteiger partial charge in [-0.25, -0.2) is 4.98 Å². The number of imidazole rings is 1. The summed E-state index contributed by atoms with van der Waals surface area (Å²) in [5.41, 5.74) is 3.07. The van der Waals surface area contributed by atoms with Crippen LogP contribution in [0.25, 0.3) is 83.4 Å². The number of pyridine rings is 1. The van der Waals surface area contributed by atoms with E-state index in [0.29, 0.717) is 50.4 Å². The van der Waals surface area contributed by atoms with Crippen LogP contribution >= 0.6 is 0 Å². The number of aryl methyl sites for hydroxylation is 1. The Labute approximate surface area is 549 Å². The number of ether oxygens (including phenoxy) is 1. The second kappa shape index (κ2) is 22.0. The molecule has 0 fully saturated rings. The lowest BCUT2D eigenvalue weighted by Crippen LogP contribution is -2.74. The highest BCUT2D eigenvalue weighted by atomic mass is 28.3. The molecule has 0 aliphatic rings. The zero-order valence-electron chi connectivity index (χ0n) is 75.0. The van der Waals surface area contributed by atoms with Crippen molar-refractivity contribution in [2.75, 3.05) is 0 Å². The first-order valence-corrected chi connectivity index (χ1v) is 30.0. The van der Waals surface area contributed by atoms with Gasteiger partial charge in [0.15, 0.2) is 8.07 Å². The number of fused-ring (bicyclic) bond motifs is 4. The molecule has 3 heterocycles. The highest BCUT2D eigenvalue weighted by Crippen LogP contribution is 2.41. The van der Waals surface area contributed by atoms with Crippen LogP contribution in [0, 0.1) is 13.2 Å². The molecule has 0 saturated heterocycles. The largest absolute Gasteiger partial charge is 0.458 e. The van der Waals surface area contributed by atoms with Crippen LogP contribution in [0.1, 0.15) is 95.2 Å². The van der Waals surface area contributed by atoms with Crippen molar-refractivity contribution in [1.29, 1.82) is 0 Å². The molecule has 5 nitrogen and oxygen atoms in total. The molecule has 87 heavy (non-hydrogen) atoms. The van der Waals surface area contributed by atoms with Crippen LogP contribution in [-0.2, 0) is 10.8 Å². The Balaban J connectivity index is 1.03. The van der Waals surface area contributed by atoms with Crippen molar-refractivity contribution in [2.45, 2.75) is 59.2 Å². The molecule has 0 aliphatic heterocycles. The highest BCUT2D eigenvalue weighted by molar-refractivity contribution is 7.19. The topological polar surface area (TPSA) is 35.9 Å². The van der Waals surface area contributed by atoms with Crippen molar-refractivity contribution in [2.24, 2.45) is 0 Å². The minimum absolute atomic E-state index is 0.0642. The first kappa shape index (κ1) is 32.4. The minimum atomic E-state index is -6.30. The van der Waals surface area contributed by atoms with Crippen LogP contribution in [0.4, 0.5) is 0 Å². The van der Waals surface area contributed by atoms with Gasteiger partial charge in [-0.2, -0.15) is 0 Å². The second-order valence-corrected chi connectivity index (χ2v) is 26.5. The van der Waals surface area contributed by atoms with E-state index in [4.69, 9.17) is 24.8 Å². The third-order valence-corrected chi connectivity index (χ3v) is 19.5. The van der Waals surface area contributed by atoms with Crippen molar-refractivity contribution < 1.29 is 46.3 Å². The standard InChI is InChI=1S/C81H68N4OSi/c1-56-47-78(82-54-73(56)57-27-12-8-13-28-57)85-74-42-21-20-39-71(74)72-46-45-64(53-77(72)85)86-63-31-25-30-62(52-63)83-55-84(76-44-23-22-43-75(76)83)79-69(40-26-41-70(79)59-48-60(80(2,3)4)51-61(49-59)81(5,6)7)58-29-24-38-68(50-58)87(65-32-14-9-15-33-65,66-34-16-10-17-35-66)67-36-18-11-19-37-67/h8-54H,1-7H3/i1D3,8D,9D,10D,11D,12D,13D,14D,15D,16D,17D,18D,19D,24D,27D,28D,29D,32D,33D,34D,35D,36D,37D,38D,50D. The molecule has 0 bridgehead atoms. The first-order valence-electron chi connectivity index (χ1n) is 41.5. The van der Waals surface area contributed by atoms with Crippen LogP contribution in [0.15, 0.2) is 285 Å². The molecular formula is C81H68N4OSi. The van der Waals surface area contributed by atoms with Gasteiger partial charge < -0.3 is 4.74 Å². The lowest BCUT2D eigenvalue weighted by atomic mass is 9.78. The molecule has 0 unspecified atom stereocenters. The molecule has 0 amide bonds. The Morgan fingerprint density at radius 2 is 1.05 bits per heavy atom. The maximum atomic E-state index is 11.0. The molecule has 3 aromatic heterocycles. The van der Waals surface area contributed by atoms with Crippen molar-refractivity contribution in [3.05, 3.63) is 308 Å². The van der Waals surface area contributed by atoms with Gasteiger partial charge >= 0.3 is 0 Å². The number of hydrogen-bond donors (Lipinski definition) is 0. The fraction of sp³-hybridized carbons (Fsp3) is 0.111. The normalized spacial score (nSPS) is 16.6. The molecule has 0 saturated carbocycles. The summed E-state index contributed by atoms with van der Waals surface area (Å²) >= 11 is 0. The number of nitrogens with zero attached hydrogens (tertiary/aromatic N) is 4. The van der Waals surface area contributed by atoms with Gasteiger partial charge in [-0.1, -0.05) is 271 Å². The molecule has 0 atom stereocenters. The molecule has 422 valence electrons. The van der Waals surface area contributed by atoms with E-state index in [1.165, 1.54) is 18.3 Å². The number of benzene rings is 11. The monoisotopic (exact) mass is 1170 g/mol. The summed E-state index contributed by atoms with van der Waals surface area (Å²) in [7, 11) is -6.30. The van der Waals surface area contributed by atoms with Gasteiger partial charge in [0.2, 0.25) is 0 Å². The van der Waals surface area contributed by atoms with Crippen LogP contribution in [0.2, 0.25) is 0 Å². The zero-order chi connectivity index (χ0) is 82.8. The van der Waals surface area contributed by atoms with Gasteiger partial charge in [0.1, 0.15) is 17.3 Å². The summed E-state index contributed by atoms with van der Waals surface area (Å²) in [6.45, 7) is 9.42. The number of hydrogen-bond acceptors (Lipinski definition) is 2. The van der Waals surface area contributed by atoms with Crippen LogP contribution in [0.5, 0.6) is 11.5 Å². The van der Waals surface area contributed by atoms with E-state index < -0.39 is 197 Å². The van der Waals surface area contributed by atoms with E-state index in [0.717, 1.165) is 21.9 Å². The molecule has 6 heteroatoms. The lowest BCUT2D eigenvalue weighted by molar-refractivity contribution is -0.571. The van der Waals surface area contributed by atoms with E-state index in [2.05, 4.69) is 12.4 Å². The predicted octanol–water partition coefficient (Wildman–Crippen LogP) is 17.3. The maximum Gasteiger partial charge on any atom is 0.269 e. The lowest BCUT2D eigenvalue weighted by Gasteiger charge is -2.34. The van der Waals surface area contributed by atoms with E-state index in [-0.39, 0.29) is 33.8 Å². The van der Waals surface area contributed by atoms with Crippen LogP contribution < -0.4 is 30.1 Å². The van der Waals surface area contributed by atoms with E-state index in [1.54, 1.807) is 86.5 Å². The predicted molar refractivity (Wildman–Crippen MR) is 364 cm³/mol. The Kier molecular flexibility index (Phi) is 8.21. The van der Waals surface area contributed by atoms with Crippen LogP contribution in [-0.4, -0.2) is 22.2 Å². The van der Waals surface area contributed by atoms with Gasteiger partial charge in [-0.15, -0.1) is 0 Å². The molecular weight excluding hydrogens is 1070 g/mol. The number of rotatable bonds is 12. The molecule has 0 N–H and O–H groups in total. The van der Waals surface area contributed by atoms with Gasteiger partial charge in [0.05, 0.1) is 66.3 Å². The van der Waals surface area contributed by atoms with E-state index in [9.17, 15) is 21.9 Å². The fourth-order valence-corrected chi connectivity index (χ4v) is 14.8. The zero-order valence-corrected chi connectivity index (χ0v) is 49.0. The Hall–Kier alpha value is -10.1. The first-order chi connectivity index (χ1) is 53.5. The molecule has 0 spiro atoms. The Morgan fingerprint density at radius 3 is 1.70 bits per heavy atom. The third kappa shape index (κ3) is 9.96. The third-order valence-electron chi connectivity index (χ3n) is 15.5. The fourth-order valence-electron chi connectivity index (χ4n) is 11.2. The number of aromatic nitrogens is 4. The molecule has 0 radical (unpaired) electrons. The van der Waals surface area contributed by atoms with E-state index in [1.807, 2.05) is 84.0 Å². The quantitative estimate of drug-likeness (QED) is 0.0529. The number of para-hydroxylation sites is 4.